The number of anilines is 2. The average Bonchev–Trinajstić information content (AvgIpc) is 3.10. The van der Waals surface area contributed by atoms with Crippen molar-refractivity contribution in [2.24, 2.45) is 0 Å². The van der Waals surface area contributed by atoms with Gasteiger partial charge >= 0.3 is 0 Å². The fourth-order valence-corrected chi connectivity index (χ4v) is 6.48. The van der Waals surface area contributed by atoms with Crippen LogP contribution in [0.4, 0.5) is 11.4 Å². The molecule has 2 unspecified atom stereocenters. The number of carbonyl (C=O) groups excluding carboxylic acids is 1. The third-order valence-corrected chi connectivity index (χ3v) is 8.20. The minimum Gasteiger partial charge on any atom is -0.397 e. The molecular formula is C24H27N5OS. The van der Waals surface area contributed by atoms with Crippen molar-refractivity contribution in [2.45, 2.75) is 50.7 Å². The Morgan fingerprint density at radius 2 is 2.06 bits per heavy atom. The zero-order chi connectivity index (χ0) is 21.1. The number of nitrogens with one attached hydrogen (secondary N) is 2. The van der Waals surface area contributed by atoms with Gasteiger partial charge in [-0.2, -0.15) is 0 Å². The van der Waals surface area contributed by atoms with E-state index in [9.17, 15) is 4.79 Å². The number of nitrogens with zero attached hydrogens (tertiary/aromatic N) is 2. The number of hydrogen-bond acceptors (Lipinski definition) is 6. The summed E-state index contributed by atoms with van der Waals surface area (Å²) in [5.74, 6) is -0.0795. The first-order valence-corrected chi connectivity index (χ1v) is 12.0. The third kappa shape index (κ3) is 3.18. The molecule has 31 heavy (non-hydrogen) atoms. The number of hydrogen-bond donors (Lipinski definition) is 3. The van der Waals surface area contributed by atoms with Crippen LogP contribution in [-0.2, 0) is 12.8 Å². The summed E-state index contributed by atoms with van der Waals surface area (Å²) in [6.07, 6.45) is 4.14. The van der Waals surface area contributed by atoms with Crippen LogP contribution in [0.25, 0.3) is 10.2 Å². The molecule has 3 atom stereocenters. The summed E-state index contributed by atoms with van der Waals surface area (Å²) in [7, 11) is 0. The number of nitrogens with two attached hydrogens (primary N) is 1. The van der Waals surface area contributed by atoms with Gasteiger partial charge in [-0.3, -0.25) is 4.79 Å². The highest BCUT2D eigenvalue weighted by Gasteiger charge is 2.41. The van der Waals surface area contributed by atoms with Gasteiger partial charge in [0, 0.05) is 48.0 Å². The lowest BCUT2D eigenvalue weighted by atomic mass is 9.85. The summed E-state index contributed by atoms with van der Waals surface area (Å²) >= 11 is 1.38. The van der Waals surface area contributed by atoms with E-state index in [1.165, 1.54) is 34.6 Å². The summed E-state index contributed by atoms with van der Waals surface area (Å²) in [6, 6.07) is 12.2. The van der Waals surface area contributed by atoms with Gasteiger partial charge in [-0.1, -0.05) is 6.07 Å². The lowest BCUT2D eigenvalue weighted by molar-refractivity contribution is 0.0938. The number of thiophene rings is 1. The van der Waals surface area contributed by atoms with E-state index >= 15 is 0 Å². The fourth-order valence-electron chi connectivity index (χ4n) is 5.44. The second-order valence-corrected chi connectivity index (χ2v) is 10.1. The van der Waals surface area contributed by atoms with Gasteiger partial charge in [-0.25, -0.2) is 4.98 Å². The number of fused-ring (bicyclic) bond motifs is 4. The van der Waals surface area contributed by atoms with Crippen LogP contribution in [0.5, 0.6) is 0 Å². The average molecular weight is 434 g/mol. The van der Waals surface area contributed by atoms with Crippen molar-refractivity contribution in [3.05, 3.63) is 52.0 Å². The lowest BCUT2D eigenvalue weighted by Gasteiger charge is -2.54. The number of piperazine rings is 1. The van der Waals surface area contributed by atoms with Gasteiger partial charge in [0.25, 0.3) is 5.91 Å². The van der Waals surface area contributed by atoms with E-state index in [2.05, 4.69) is 38.7 Å². The molecule has 2 fully saturated rings. The molecule has 0 saturated carbocycles. The molecular weight excluding hydrogens is 406 g/mol. The standard InChI is InChI=1S/C24H27N5OS/c1-13-2-7-20-21(25)22(31-24(20)27-13)23(30)28-16-5-3-15-9-17(6-4-14(15)8-16)29-18-10-19(29)12-26-11-18/h2,4,6-7,9,16,18-19,26H,3,5,8,10-12,25H2,1H3,(H,28,30)/t16-,18?,19?/m0/s1. The van der Waals surface area contributed by atoms with Gasteiger partial charge in [-0.05, 0) is 68.0 Å². The maximum atomic E-state index is 13.0. The van der Waals surface area contributed by atoms with Crippen LogP contribution in [0.15, 0.2) is 30.3 Å². The van der Waals surface area contributed by atoms with E-state index in [-0.39, 0.29) is 11.9 Å². The summed E-state index contributed by atoms with van der Waals surface area (Å²) in [6.45, 7) is 4.14. The molecule has 1 aliphatic carbocycles. The number of carbonyl (C=O) groups is 1. The van der Waals surface area contributed by atoms with Crippen molar-refractivity contribution in [2.75, 3.05) is 23.7 Å². The van der Waals surface area contributed by atoms with Crippen molar-refractivity contribution in [1.29, 1.82) is 0 Å². The molecule has 4 heterocycles. The Hall–Kier alpha value is -2.64. The van der Waals surface area contributed by atoms with E-state index in [0.29, 0.717) is 22.6 Å². The monoisotopic (exact) mass is 433 g/mol. The molecule has 3 aromatic rings. The third-order valence-electron chi connectivity index (χ3n) is 7.08. The fraction of sp³-hybridized carbons (Fsp3) is 0.417. The smallest absolute Gasteiger partial charge is 0.263 e. The van der Waals surface area contributed by atoms with E-state index in [1.807, 2.05) is 19.1 Å². The molecule has 2 aliphatic heterocycles. The Bertz CT molecular complexity index is 1170. The number of aromatic nitrogens is 1. The second kappa shape index (κ2) is 7.21. The molecule has 0 radical (unpaired) electrons. The van der Waals surface area contributed by atoms with Crippen LogP contribution in [-0.4, -0.2) is 42.1 Å². The quantitative estimate of drug-likeness (QED) is 0.591. The molecule has 2 saturated heterocycles. The molecule has 2 aromatic heterocycles. The Balaban J connectivity index is 1.17. The minimum absolute atomic E-state index is 0.0795. The minimum atomic E-state index is -0.0795. The van der Waals surface area contributed by atoms with Gasteiger partial charge in [0.15, 0.2) is 0 Å². The maximum Gasteiger partial charge on any atom is 0.263 e. The largest absolute Gasteiger partial charge is 0.397 e. The number of piperidine rings is 1. The van der Waals surface area contributed by atoms with Gasteiger partial charge in [0.1, 0.15) is 9.71 Å². The predicted molar refractivity (Wildman–Crippen MR) is 126 cm³/mol. The summed E-state index contributed by atoms with van der Waals surface area (Å²) in [5.41, 5.74) is 11.9. The van der Waals surface area contributed by atoms with Crippen molar-refractivity contribution in [3.63, 3.8) is 0 Å². The topological polar surface area (TPSA) is 83.3 Å². The van der Waals surface area contributed by atoms with Crippen LogP contribution in [0.3, 0.4) is 0 Å². The van der Waals surface area contributed by atoms with Crippen LogP contribution in [0.2, 0.25) is 0 Å². The predicted octanol–water partition coefficient (Wildman–Crippen LogP) is 3.02. The van der Waals surface area contributed by atoms with Crippen LogP contribution >= 0.6 is 11.3 Å². The van der Waals surface area contributed by atoms with Gasteiger partial charge in [0.2, 0.25) is 0 Å². The Kier molecular flexibility index (Phi) is 4.43. The van der Waals surface area contributed by atoms with Crippen molar-refractivity contribution in [1.82, 2.24) is 15.6 Å². The second-order valence-electron chi connectivity index (χ2n) is 9.13. The Morgan fingerprint density at radius 1 is 1.23 bits per heavy atom. The van der Waals surface area contributed by atoms with E-state index in [0.717, 1.165) is 48.3 Å². The van der Waals surface area contributed by atoms with Gasteiger partial charge < -0.3 is 21.3 Å². The summed E-state index contributed by atoms with van der Waals surface area (Å²) in [5, 5.41) is 7.60. The number of benzene rings is 1. The molecule has 4 N–H and O–H groups in total. The van der Waals surface area contributed by atoms with Crippen LogP contribution in [0, 0.1) is 6.92 Å². The highest BCUT2D eigenvalue weighted by Crippen LogP contribution is 2.37. The van der Waals surface area contributed by atoms with Gasteiger partial charge in [0.05, 0.1) is 5.69 Å². The number of nitrogen functional groups attached to an aromatic ring is 1. The number of pyridine rings is 1. The SMILES string of the molecule is Cc1ccc2c(N)c(C(=O)N[C@H]3CCc4cc(N5C6CNCC5C6)ccc4C3)sc2n1. The first-order chi connectivity index (χ1) is 15.1. The van der Waals surface area contributed by atoms with E-state index in [4.69, 9.17) is 5.73 Å². The first kappa shape index (κ1) is 19.1. The van der Waals surface area contributed by atoms with E-state index in [1.54, 1.807) is 0 Å². The molecule has 7 heteroatoms. The van der Waals surface area contributed by atoms with Crippen LogP contribution < -0.4 is 21.3 Å². The van der Waals surface area contributed by atoms with E-state index < -0.39 is 0 Å². The summed E-state index contributed by atoms with van der Waals surface area (Å²) in [4.78, 5) is 21.5. The molecule has 160 valence electrons. The Morgan fingerprint density at radius 3 is 2.87 bits per heavy atom. The van der Waals surface area contributed by atoms with Crippen molar-refractivity contribution >= 4 is 38.8 Å². The molecule has 3 aliphatic rings. The normalized spacial score (nSPS) is 24.5. The van der Waals surface area contributed by atoms with Crippen molar-refractivity contribution in [3.8, 4) is 0 Å². The molecule has 2 bridgehead atoms. The highest BCUT2D eigenvalue weighted by atomic mass is 32.1. The Labute approximate surface area is 185 Å². The number of amides is 1. The highest BCUT2D eigenvalue weighted by molar-refractivity contribution is 7.21. The zero-order valence-electron chi connectivity index (χ0n) is 17.6. The number of aryl methyl sites for hydroxylation is 2. The lowest BCUT2D eigenvalue weighted by Crippen LogP contribution is -2.68. The first-order valence-electron chi connectivity index (χ1n) is 11.1. The molecule has 6 rings (SSSR count). The maximum absolute atomic E-state index is 13.0. The zero-order valence-corrected chi connectivity index (χ0v) is 18.5. The van der Waals surface area contributed by atoms with Gasteiger partial charge in [-0.15, -0.1) is 11.3 Å². The number of rotatable bonds is 3. The molecule has 1 aromatic carbocycles. The molecule has 0 spiro atoms. The molecule has 1 amide bonds. The van der Waals surface area contributed by atoms with Crippen LogP contribution in [0.1, 0.15) is 39.3 Å². The summed E-state index contributed by atoms with van der Waals surface area (Å²) < 4.78 is 0. The molecule has 6 nitrogen and oxygen atoms in total. The van der Waals surface area contributed by atoms with Crippen molar-refractivity contribution < 1.29 is 4.79 Å².